The van der Waals surface area contributed by atoms with Crippen LogP contribution in [0.2, 0.25) is 0 Å². The van der Waals surface area contributed by atoms with Crippen molar-refractivity contribution in [2.24, 2.45) is 0 Å². The van der Waals surface area contributed by atoms with Gasteiger partial charge in [-0.3, -0.25) is 4.98 Å². The van der Waals surface area contributed by atoms with Crippen molar-refractivity contribution in [1.82, 2.24) is 15.0 Å². The Labute approximate surface area is 125 Å². The fraction of sp³-hybridized carbons (Fsp3) is 0.438. The highest BCUT2D eigenvalue weighted by atomic mass is 15.2. The highest BCUT2D eigenvalue weighted by Crippen LogP contribution is 2.28. The molecule has 0 saturated carbocycles. The van der Waals surface area contributed by atoms with Gasteiger partial charge >= 0.3 is 0 Å². The van der Waals surface area contributed by atoms with Crippen LogP contribution in [-0.2, 0) is 0 Å². The molecule has 3 heterocycles. The molecule has 2 aromatic heterocycles. The first kappa shape index (κ1) is 13.8. The summed E-state index contributed by atoms with van der Waals surface area (Å²) in [7, 11) is 4.07. The molecule has 0 atom stereocenters. The highest BCUT2D eigenvalue weighted by molar-refractivity contribution is 5.43. The molecule has 1 aliphatic rings. The van der Waals surface area contributed by atoms with E-state index in [-0.39, 0.29) is 0 Å². The van der Waals surface area contributed by atoms with Gasteiger partial charge in [-0.1, -0.05) is 0 Å². The van der Waals surface area contributed by atoms with Gasteiger partial charge in [0.15, 0.2) is 0 Å². The molecule has 3 rings (SSSR count). The normalized spacial score (nSPS) is 16.0. The smallest absolute Gasteiger partial charge is 0.225 e. The molecule has 0 aromatic carbocycles. The van der Waals surface area contributed by atoms with Crippen molar-refractivity contribution >= 4 is 11.6 Å². The Balaban J connectivity index is 1.63. The summed E-state index contributed by atoms with van der Waals surface area (Å²) in [5.74, 6) is 1.38. The van der Waals surface area contributed by atoms with Crippen molar-refractivity contribution in [2.45, 2.75) is 18.8 Å². The maximum atomic E-state index is 4.63. The maximum Gasteiger partial charge on any atom is 0.225 e. The molecular formula is C16H21N5. The molecule has 1 aliphatic heterocycles. The second-order valence-corrected chi connectivity index (χ2v) is 5.65. The summed E-state index contributed by atoms with van der Waals surface area (Å²) in [5.41, 5.74) is 2.35. The molecule has 5 heteroatoms. The topological polar surface area (TPSA) is 45.2 Å². The van der Waals surface area contributed by atoms with E-state index in [0.29, 0.717) is 5.92 Å². The maximum absolute atomic E-state index is 4.63. The number of pyridine rings is 1. The second-order valence-electron chi connectivity index (χ2n) is 5.65. The van der Waals surface area contributed by atoms with Crippen molar-refractivity contribution in [1.29, 1.82) is 0 Å². The van der Waals surface area contributed by atoms with Crippen LogP contribution in [0.4, 0.5) is 11.6 Å². The lowest BCUT2D eigenvalue weighted by atomic mass is 9.93. The standard InChI is InChI=1S/C16H21N5/c1-20(2)14-4-5-15(19-12-14)13-6-10-21(11-7-13)16-17-8-3-9-18-16/h3-5,8-9,12-13H,6-7,10-11H2,1-2H3. The first-order valence-electron chi connectivity index (χ1n) is 7.39. The lowest BCUT2D eigenvalue weighted by Crippen LogP contribution is -2.34. The quantitative estimate of drug-likeness (QED) is 0.865. The number of aromatic nitrogens is 3. The zero-order valence-corrected chi connectivity index (χ0v) is 12.6. The SMILES string of the molecule is CN(C)c1ccc(C2CCN(c3ncccn3)CC2)nc1. The molecule has 0 radical (unpaired) electrons. The minimum Gasteiger partial charge on any atom is -0.376 e. The number of nitrogens with zero attached hydrogens (tertiary/aromatic N) is 5. The third-order valence-corrected chi connectivity index (χ3v) is 4.04. The van der Waals surface area contributed by atoms with Gasteiger partial charge in [-0.2, -0.15) is 0 Å². The molecule has 0 N–H and O–H groups in total. The van der Waals surface area contributed by atoms with E-state index in [4.69, 9.17) is 0 Å². The van der Waals surface area contributed by atoms with Crippen LogP contribution in [0.15, 0.2) is 36.8 Å². The summed E-state index contributed by atoms with van der Waals surface area (Å²) in [6.45, 7) is 1.98. The summed E-state index contributed by atoms with van der Waals surface area (Å²) in [4.78, 5) is 17.6. The van der Waals surface area contributed by atoms with Crippen molar-refractivity contribution in [2.75, 3.05) is 37.0 Å². The number of hydrogen-bond donors (Lipinski definition) is 0. The van der Waals surface area contributed by atoms with Gasteiger partial charge in [0.1, 0.15) is 0 Å². The molecule has 0 bridgehead atoms. The molecule has 5 nitrogen and oxygen atoms in total. The number of hydrogen-bond acceptors (Lipinski definition) is 5. The van der Waals surface area contributed by atoms with E-state index >= 15 is 0 Å². The fourth-order valence-corrected chi connectivity index (χ4v) is 2.73. The van der Waals surface area contributed by atoms with Crippen LogP contribution < -0.4 is 9.80 Å². The van der Waals surface area contributed by atoms with Gasteiger partial charge in [-0.15, -0.1) is 0 Å². The minimum absolute atomic E-state index is 0.543. The van der Waals surface area contributed by atoms with Crippen LogP contribution in [0.25, 0.3) is 0 Å². The molecule has 0 aliphatic carbocycles. The second kappa shape index (κ2) is 6.08. The predicted octanol–water partition coefficient (Wildman–Crippen LogP) is 2.32. The van der Waals surface area contributed by atoms with Crippen LogP contribution in [0, 0.1) is 0 Å². The molecule has 1 saturated heterocycles. The Morgan fingerprint density at radius 1 is 1.05 bits per heavy atom. The van der Waals surface area contributed by atoms with Crippen LogP contribution in [0.5, 0.6) is 0 Å². The third-order valence-electron chi connectivity index (χ3n) is 4.04. The first-order valence-corrected chi connectivity index (χ1v) is 7.39. The van der Waals surface area contributed by atoms with Gasteiger partial charge in [0, 0.05) is 51.2 Å². The summed E-state index contributed by atoms with van der Waals surface area (Å²) < 4.78 is 0. The Morgan fingerprint density at radius 2 is 1.76 bits per heavy atom. The van der Waals surface area contributed by atoms with Crippen molar-refractivity contribution in [3.05, 3.63) is 42.5 Å². The summed E-state index contributed by atoms with van der Waals surface area (Å²) in [6, 6.07) is 6.16. The van der Waals surface area contributed by atoms with Gasteiger partial charge < -0.3 is 9.80 Å². The van der Waals surface area contributed by atoms with Crippen LogP contribution in [0.3, 0.4) is 0 Å². The lowest BCUT2D eigenvalue weighted by molar-refractivity contribution is 0.491. The minimum atomic E-state index is 0.543. The van der Waals surface area contributed by atoms with Gasteiger partial charge in [0.05, 0.1) is 11.9 Å². The number of rotatable bonds is 3. The zero-order chi connectivity index (χ0) is 14.7. The van der Waals surface area contributed by atoms with Crippen LogP contribution in [0.1, 0.15) is 24.5 Å². The Hall–Kier alpha value is -2.17. The van der Waals surface area contributed by atoms with Gasteiger partial charge in [-0.25, -0.2) is 9.97 Å². The van der Waals surface area contributed by atoms with E-state index in [1.807, 2.05) is 26.4 Å². The van der Waals surface area contributed by atoms with Gasteiger partial charge in [0.25, 0.3) is 0 Å². The number of piperidine rings is 1. The monoisotopic (exact) mass is 283 g/mol. The lowest BCUT2D eigenvalue weighted by Gasteiger charge is -2.31. The molecule has 0 unspecified atom stereocenters. The Bertz CT molecular complexity index is 559. The zero-order valence-electron chi connectivity index (χ0n) is 12.6. The van der Waals surface area contributed by atoms with Gasteiger partial charge in [-0.05, 0) is 31.0 Å². The summed E-state index contributed by atoms with van der Waals surface area (Å²) in [6.07, 6.45) is 7.77. The largest absolute Gasteiger partial charge is 0.376 e. The van der Waals surface area contributed by atoms with E-state index in [1.54, 1.807) is 12.4 Å². The summed E-state index contributed by atoms with van der Waals surface area (Å²) in [5, 5.41) is 0. The van der Waals surface area contributed by atoms with Crippen LogP contribution >= 0.6 is 0 Å². The van der Waals surface area contributed by atoms with E-state index < -0.39 is 0 Å². The van der Waals surface area contributed by atoms with Crippen molar-refractivity contribution in [3.8, 4) is 0 Å². The fourth-order valence-electron chi connectivity index (χ4n) is 2.73. The number of anilines is 2. The van der Waals surface area contributed by atoms with Crippen LogP contribution in [-0.4, -0.2) is 42.1 Å². The predicted molar refractivity (Wildman–Crippen MR) is 84.8 cm³/mol. The summed E-state index contributed by atoms with van der Waals surface area (Å²) >= 11 is 0. The Morgan fingerprint density at radius 3 is 2.33 bits per heavy atom. The van der Waals surface area contributed by atoms with Crippen molar-refractivity contribution < 1.29 is 0 Å². The average molecular weight is 283 g/mol. The van der Waals surface area contributed by atoms with E-state index in [1.165, 1.54) is 5.69 Å². The highest BCUT2D eigenvalue weighted by Gasteiger charge is 2.22. The van der Waals surface area contributed by atoms with Crippen molar-refractivity contribution in [3.63, 3.8) is 0 Å². The molecular weight excluding hydrogens is 262 g/mol. The molecule has 1 fully saturated rings. The van der Waals surface area contributed by atoms with Gasteiger partial charge in [0.2, 0.25) is 5.95 Å². The van der Waals surface area contributed by atoms with E-state index in [9.17, 15) is 0 Å². The average Bonchev–Trinajstić information content (AvgIpc) is 2.56. The Kier molecular flexibility index (Phi) is 3.99. The first-order chi connectivity index (χ1) is 10.2. The molecule has 21 heavy (non-hydrogen) atoms. The molecule has 2 aromatic rings. The molecule has 0 amide bonds. The van der Waals surface area contributed by atoms with E-state index in [0.717, 1.165) is 37.6 Å². The third kappa shape index (κ3) is 3.12. The molecule has 0 spiro atoms. The molecule has 110 valence electrons. The van der Waals surface area contributed by atoms with E-state index in [2.05, 4.69) is 36.9 Å².